The Labute approximate surface area is 70.0 Å². The van der Waals surface area contributed by atoms with Crippen LogP contribution in [0.5, 0.6) is 0 Å². The lowest BCUT2D eigenvalue weighted by atomic mass is 10.0. The molecule has 0 radical (unpaired) electrons. The highest BCUT2D eigenvalue weighted by Gasteiger charge is 2.09. The van der Waals surface area contributed by atoms with Crippen molar-refractivity contribution in [2.75, 3.05) is 6.54 Å². The quantitative estimate of drug-likeness (QED) is 0.635. The van der Waals surface area contributed by atoms with E-state index in [9.17, 15) is 0 Å². The standard InChI is InChI=1S/C9H21NO/c1-5-7(2)9(4)10-6-8(3)11/h7-11H,5-6H2,1-4H3/t7-,8+,9+/m0/s1. The second kappa shape index (κ2) is 5.56. The molecule has 0 spiro atoms. The molecule has 0 fully saturated rings. The van der Waals surface area contributed by atoms with Gasteiger partial charge in [0.2, 0.25) is 0 Å². The molecule has 0 aliphatic rings. The Bertz CT molecular complexity index is 93.6. The highest BCUT2D eigenvalue weighted by atomic mass is 16.3. The third kappa shape index (κ3) is 5.22. The summed E-state index contributed by atoms with van der Waals surface area (Å²) in [7, 11) is 0. The second-order valence-electron chi connectivity index (χ2n) is 3.43. The molecule has 0 unspecified atom stereocenters. The average molecular weight is 159 g/mol. The largest absolute Gasteiger partial charge is 0.392 e. The Morgan fingerprint density at radius 3 is 2.18 bits per heavy atom. The van der Waals surface area contributed by atoms with Gasteiger partial charge in [0.05, 0.1) is 6.10 Å². The molecule has 0 saturated heterocycles. The van der Waals surface area contributed by atoms with E-state index in [-0.39, 0.29) is 6.10 Å². The fourth-order valence-corrected chi connectivity index (χ4v) is 0.911. The van der Waals surface area contributed by atoms with Gasteiger partial charge in [-0.15, -0.1) is 0 Å². The molecule has 0 aromatic carbocycles. The Morgan fingerprint density at radius 2 is 1.82 bits per heavy atom. The van der Waals surface area contributed by atoms with Gasteiger partial charge in [-0.3, -0.25) is 0 Å². The van der Waals surface area contributed by atoms with Crippen LogP contribution in [0.1, 0.15) is 34.1 Å². The van der Waals surface area contributed by atoms with Crippen molar-refractivity contribution in [2.45, 2.75) is 46.3 Å². The van der Waals surface area contributed by atoms with E-state index in [1.807, 2.05) is 0 Å². The zero-order valence-electron chi connectivity index (χ0n) is 8.09. The number of nitrogens with one attached hydrogen (secondary N) is 1. The molecule has 0 bridgehead atoms. The Morgan fingerprint density at radius 1 is 1.27 bits per heavy atom. The van der Waals surface area contributed by atoms with Gasteiger partial charge >= 0.3 is 0 Å². The van der Waals surface area contributed by atoms with E-state index < -0.39 is 0 Å². The normalized spacial score (nSPS) is 19.4. The smallest absolute Gasteiger partial charge is 0.0636 e. The molecular formula is C9H21NO. The van der Waals surface area contributed by atoms with Crippen molar-refractivity contribution in [2.24, 2.45) is 5.92 Å². The Balaban J connectivity index is 3.43. The lowest BCUT2D eigenvalue weighted by Crippen LogP contribution is -2.36. The maximum Gasteiger partial charge on any atom is 0.0636 e. The molecule has 11 heavy (non-hydrogen) atoms. The third-order valence-corrected chi connectivity index (χ3v) is 2.23. The van der Waals surface area contributed by atoms with Crippen LogP contribution in [0, 0.1) is 5.92 Å². The zero-order valence-corrected chi connectivity index (χ0v) is 8.09. The van der Waals surface area contributed by atoms with E-state index in [1.54, 1.807) is 6.92 Å². The number of hydrogen-bond donors (Lipinski definition) is 2. The minimum atomic E-state index is -0.235. The predicted octanol–water partition coefficient (Wildman–Crippen LogP) is 1.39. The lowest BCUT2D eigenvalue weighted by molar-refractivity contribution is 0.182. The van der Waals surface area contributed by atoms with Crippen LogP contribution in [0.2, 0.25) is 0 Å². The van der Waals surface area contributed by atoms with Crippen molar-refractivity contribution >= 4 is 0 Å². The number of rotatable bonds is 5. The fraction of sp³-hybridized carbons (Fsp3) is 1.00. The minimum absolute atomic E-state index is 0.235. The lowest BCUT2D eigenvalue weighted by Gasteiger charge is -2.20. The van der Waals surface area contributed by atoms with Crippen molar-refractivity contribution in [3.8, 4) is 0 Å². The third-order valence-electron chi connectivity index (χ3n) is 2.23. The molecule has 2 nitrogen and oxygen atoms in total. The maximum atomic E-state index is 8.99. The Hall–Kier alpha value is -0.0800. The summed E-state index contributed by atoms with van der Waals surface area (Å²) < 4.78 is 0. The minimum Gasteiger partial charge on any atom is -0.392 e. The van der Waals surface area contributed by atoms with Crippen LogP contribution < -0.4 is 5.32 Å². The van der Waals surface area contributed by atoms with Gasteiger partial charge in [0.15, 0.2) is 0 Å². The monoisotopic (exact) mass is 159 g/mol. The van der Waals surface area contributed by atoms with Gasteiger partial charge in [0.1, 0.15) is 0 Å². The molecule has 68 valence electrons. The van der Waals surface area contributed by atoms with Crippen LogP contribution in [-0.2, 0) is 0 Å². The van der Waals surface area contributed by atoms with Gasteiger partial charge in [-0.1, -0.05) is 20.3 Å². The summed E-state index contributed by atoms with van der Waals surface area (Å²) in [4.78, 5) is 0. The molecule has 0 aliphatic heterocycles. The van der Waals surface area contributed by atoms with Crippen LogP contribution in [0.4, 0.5) is 0 Å². The maximum absolute atomic E-state index is 8.99. The van der Waals surface area contributed by atoms with E-state index in [2.05, 4.69) is 26.1 Å². The highest BCUT2D eigenvalue weighted by Crippen LogP contribution is 2.05. The molecule has 0 amide bonds. The predicted molar refractivity (Wildman–Crippen MR) is 48.6 cm³/mol. The van der Waals surface area contributed by atoms with Crippen LogP contribution in [0.25, 0.3) is 0 Å². The SMILES string of the molecule is CC[C@H](C)[C@@H](C)NC[C@@H](C)O. The van der Waals surface area contributed by atoms with Gasteiger partial charge < -0.3 is 10.4 Å². The van der Waals surface area contributed by atoms with Crippen LogP contribution in [-0.4, -0.2) is 23.8 Å². The van der Waals surface area contributed by atoms with Gasteiger partial charge in [0, 0.05) is 12.6 Å². The van der Waals surface area contributed by atoms with Crippen molar-refractivity contribution < 1.29 is 5.11 Å². The first-order chi connectivity index (χ1) is 5.07. The molecule has 3 atom stereocenters. The zero-order chi connectivity index (χ0) is 8.85. The van der Waals surface area contributed by atoms with Crippen molar-refractivity contribution in [3.05, 3.63) is 0 Å². The molecule has 0 aromatic rings. The average Bonchev–Trinajstić information content (AvgIpc) is 1.98. The van der Waals surface area contributed by atoms with Gasteiger partial charge in [-0.05, 0) is 19.8 Å². The van der Waals surface area contributed by atoms with E-state index >= 15 is 0 Å². The second-order valence-corrected chi connectivity index (χ2v) is 3.43. The van der Waals surface area contributed by atoms with E-state index in [0.717, 1.165) is 0 Å². The Kier molecular flexibility index (Phi) is 5.51. The first kappa shape index (κ1) is 10.9. The fourth-order valence-electron chi connectivity index (χ4n) is 0.911. The molecule has 2 N–H and O–H groups in total. The molecule has 0 saturated carbocycles. The summed E-state index contributed by atoms with van der Waals surface area (Å²) in [5, 5.41) is 12.3. The number of aliphatic hydroxyl groups is 1. The highest BCUT2D eigenvalue weighted by molar-refractivity contribution is 4.67. The van der Waals surface area contributed by atoms with Gasteiger partial charge in [-0.2, -0.15) is 0 Å². The van der Waals surface area contributed by atoms with Gasteiger partial charge in [-0.25, -0.2) is 0 Å². The number of hydrogen-bond acceptors (Lipinski definition) is 2. The van der Waals surface area contributed by atoms with E-state index in [1.165, 1.54) is 6.42 Å². The van der Waals surface area contributed by atoms with Gasteiger partial charge in [0.25, 0.3) is 0 Å². The summed E-state index contributed by atoms with van der Waals surface area (Å²) in [5.41, 5.74) is 0. The summed E-state index contributed by atoms with van der Waals surface area (Å²) >= 11 is 0. The summed E-state index contributed by atoms with van der Waals surface area (Å²) in [6.07, 6.45) is 0.954. The summed E-state index contributed by atoms with van der Waals surface area (Å²) in [6, 6.07) is 0.509. The first-order valence-electron chi connectivity index (χ1n) is 4.49. The topological polar surface area (TPSA) is 32.3 Å². The van der Waals surface area contributed by atoms with E-state index in [4.69, 9.17) is 5.11 Å². The van der Waals surface area contributed by atoms with Crippen molar-refractivity contribution in [3.63, 3.8) is 0 Å². The van der Waals surface area contributed by atoms with Crippen LogP contribution in [0.3, 0.4) is 0 Å². The number of aliphatic hydroxyl groups excluding tert-OH is 1. The van der Waals surface area contributed by atoms with Crippen molar-refractivity contribution in [1.82, 2.24) is 5.32 Å². The van der Waals surface area contributed by atoms with E-state index in [0.29, 0.717) is 18.5 Å². The molecular weight excluding hydrogens is 138 g/mol. The van der Waals surface area contributed by atoms with Crippen LogP contribution in [0.15, 0.2) is 0 Å². The van der Waals surface area contributed by atoms with Crippen molar-refractivity contribution in [1.29, 1.82) is 0 Å². The molecule has 0 heterocycles. The molecule has 0 aliphatic carbocycles. The van der Waals surface area contributed by atoms with Crippen LogP contribution >= 0.6 is 0 Å². The summed E-state index contributed by atoms with van der Waals surface area (Å²) in [6.45, 7) is 9.07. The first-order valence-corrected chi connectivity index (χ1v) is 4.49. The summed E-state index contributed by atoms with van der Waals surface area (Å²) in [5.74, 6) is 0.689. The molecule has 2 heteroatoms. The molecule has 0 aromatic heterocycles. The molecule has 0 rings (SSSR count).